The van der Waals surface area contributed by atoms with Crippen LogP contribution in [0.3, 0.4) is 0 Å². The summed E-state index contributed by atoms with van der Waals surface area (Å²) in [4.78, 5) is 15.0. The van der Waals surface area contributed by atoms with Gasteiger partial charge in [-0.15, -0.1) is 0 Å². The standard InChI is InChI=1S/C10H14N2O2S/c1-7(13)4-9-11-10(14-12-9)5-8-2-3-15-6-8/h8H,2-6H2,1H3. The summed E-state index contributed by atoms with van der Waals surface area (Å²) >= 11 is 1.97. The van der Waals surface area contributed by atoms with Crippen molar-refractivity contribution in [3.05, 3.63) is 11.7 Å². The predicted molar refractivity (Wildman–Crippen MR) is 57.8 cm³/mol. The van der Waals surface area contributed by atoms with Crippen LogP contribution in [0.4, 0.5) is 0 Å². The highest BCUT2D eigenvalue weighted by atomic mass is 32.2. The van der Waals surface area contributed by atoms with Gasteiger partial charge in [0.2, 0.25) is 5.89 Å². The summed E-state index contributed by atoms with van der Waals surface area (Å²) in [6, 6.07) is 0. The maximum Gasteiger partial charge on any atom is 0.226 e. The molecule has 2 rings (SSSR count). The third-order valence-electron chi connectivity index (χ3n) is 2.40. The van der Waals surface area contributed by atoms with Gasteiger partial charge in [0.15, 0.2) is 5.82 Å². The maximum atomic E-state index is 10.8. The van der Waals surface area contributed by atoms with Gasteiger partial charge in [0, 0.05) is 6.42 Å². The summed E-state index contributed by atoms with van der Waals surface area (Å²) < 4.78 is 5.10. The van der Waals surface area contributed by atoms with E-state index in [1.165, 1.54) is 24.9 Å². The van der Waals surface area contributed by atoms with Crippen LogP contribution in [0.15, 0.2) is 4.52 Å². The Bertz CT molecular complexity index is 345. The van der Waals surface area contributed by atoms with Crippen LogP contribution in [-0.4, -0.2) is 27.4 Å². The van der Waals surface area contributed by atoms with Gasteiger partial charge in [-0.3, -0.25) is 4.79 Å². The fourth-order valence-electron chi connectivity index (χ4n) is 1.66. The fourth-order valence-corrected chi connectivity index (χ4v) is 2.94. The molecule has 5 heteroatoms. The Hall–Kier alpha value is -0.840. The van der Waals surface area contributed by atoms with Gasteiger partial charge in [-0.1, -0.05) is 5.16 Å². The van der Waals surface area contributed by atoms with E-state index in [4.69, 9.17) is 4.52 Å². The highest BCUT2D eigenvalue weighted by molar-refractivity contribution is 7.99. The molecule has 2 heterocycles. The number of aromatic nitrogens is 2. The minimum atomic E-state index is 0.0683. The van der Waals surface area contributed by atoms with E-state index in [1.807, 2.05) is 11.8 Å². The summed E-state index contributed by atoms with van der Waals surface area (Å²) in [6.45, 7) is 1.53. The molecule has 1 aromatic rings. The second kappa shape index (κ2) is 4.79. The van der Waals surface area contributed by atoms with E-state index < -0.39 is 0 Å². The molecule has 0 radical (unpaired) electrons. The first-order valence-corrected chi connectivity index (χ1v) is 6.28. The first-order valence-electron chi connectivity index (χ1n) is 5.12. The van der Waals surface area contributed by atoms with Crippen LogP contribution in [0.2, 0.25) is 0 Å². The zero-order valence-electron chi connectivity index (χ0n) is 8.73. The molecule has 0 aromatic carbocycles. The van der Waals surface area contributed by atoms with Gasteiger partial charge in [-0.05, 0) is 30.8 Å². The lowest BCUT2D eigenvalue weighted by Gasteiger charge is -2.01. The molecule has 1 unspecified atom stereocenters. The number of carbonyl (C=O) groups is 1. The summed E-state index contributed by atoms with van der Waals surface area (Å²) in [5, 5.41) is 3.78. The first-order chi connectivity index (χ1) is 7.24. The lowest BCUT2D eigenvalue weighted by atomic mass is 10.1. The van der Waals surface area contributed by atoms with Crippen molar-refractivity contribution in [2.75, 3.05) is 11.5 Å². The van der Waals surface area contributed by atoms with E-state index in [2.05, 4.69) is 10.1 Å². The molecule has 0 saturated carbocycles. The maximum absolute atomic E-state index is 10.8. The number of nitrogens with zero attached hydrogens (tertiary/aromatic N) is 2. The average molecular weight is 226 g/mol. The monoisotopic (exact) mass is 226 g/mol. The van der Waals surface area contributed by atoms with Crippen molar-refractivity contribution < 1.29 is 9.32 Å². The van der Waals surface area contributed by atoms with E-state index in [1.54, 1.807) is 0 Å². The second-order valence-corrected chi connectivity index (χ2v) is 5.07. The lowest BCUT2D eigenvalue weighted by molar-refractivity contribution is -0.116. The van der Waals surface area contributed by atoms with E-state index in [0.717, 1.165) is 6.42 Å². The van der Waals surface area contributed by atoms with Crippen molar-refractivity contribution in [2.24, 2.45) is 5.92 Å². The number of carbonyl (C=O) groups excluding carboxylic acids is 1. The van der Waals surface area contributed by atoms with E-state index >= 15 is 0 Å². The first kappa shape index (κ1) is 10.7. The lowest BCUT2D eigenvalue weighted by Crippen LogP contribution is -2.03. The summed E-state index contributed by atoms with van der Waals surface area (Å²) in [6.07, 6.45) is 2.37. The molecule has 1 aliphatic heterocycles. The quantitative estimate of drug-likeness (QED) is 0.778. The number of rotatable bonds is 4. The number of ketones is 1. The Morgan fingerprint density at radius 2 is 2.53 bits per heavy atom. The number of hydrogen-bond acceptors (Lipinski definition) is 5. The van der Waals surface area contributed by atoms with E-state index in [9.17, 15) is 4.79 Å². The molecule has 0 aliphatic carbocycles. The molecule has 1 aliphatic rings. The van der Waals surface area contributed by atoms with Crippen LogP contribution in [0.5, 0.6) is 0 Å². The molecule has 0 amide bonds. The normalized spacial score (nSPS) is 20.7. The third kappa shape index (κ3) is 3.06. The predicted octanol–water partition coefficient (Wildman–Crippen LogP) is 1.50. The van der Waals surface area contributed by atoms with Gasteiger partial charge in [0.1, 0.15) is 5.78 Å². The van der Waals surface area contributed by atoms with Crippen LogP contribution in [0, 0.1) is 5.92 Å². The van der Waals surface area contributed by atoms with Crippen molar-refractivity contribution in [3.63, 3.8) is 0 Å². The van der Waals surface area contributed by atoms with Crippen LogP contribution >= 0.6 is 11.8 Å². The number of hydrogen-bond donors (Lipinski definition) is 0. The van der Waals surface area contributed by atoms with Gasteiger partial charge >= 0.3 is 0 Å². The fraction of sp³-hybridized carbons (Fsp3) is 0.700. The van der Waals surface area contributed by atoms with E-state index in [-0.39, 0.29) is 12.2 Å². The van der Waals surface area contributed by atoms with Crippen LogP contribution in [0.25, 0.3) is 0 Å². The third-order valence-corrected chi connectivity index (χ3v) is 3.64. The second-order valence-electron chi connectivity index (χ2n) is 3.92. The van der Waals surface area contributed by atoms with Gasteiger partial charge in [0.05, 0.1) is 6.42 Å². The highest BCUT2D eigenvalue weighted by Gasteiger charge is 2.19. The Morgan fingerprint density at radius 3 is 3.20 bits per heavy atom. The van der Waals surface area contributed by atoms with Crippen LogP contribution < -0.4 is 0 Å². The number of Topliss-reactive ketones (excluding diaryl/α,β-unsaturated/α-hetero) is 1. The molecule has 1 aromatic heterocycles. The number of thioether (sulfide) groups is 1. The molecule has 15 heavy (non-hydrogen) atoms. The van der Waals surface area contributed by atoms with Crippen molar-refractivity contribution in [3.8, 4) is 0 Å². The summed E-state index contributed by atoms with van der Waals surface area (Å²) in [7, 11) is 0. The van der Waals surface area contributed by atoms with Crippen molar-refractivity contribution in [1.29, 1.82) is 0 Å². The Kier molecular flexibility index (Phi) is 3.41. The average Bonchev–Trinajstić information content (AvgIpc) is 2.77. The Morgan fingerprint density at radius 1 is 1.67 bits per heavy atom. The van der Waals surface area contributed by atoms with Crippen molar-refractivity contribution in [2.45, 2.75) is 26.2 Å². The zero-order valence-corrected chi connectivity index (χ0v) is 9.55. The molecule has 0 N–H and O–H groups in total. The highest BCUT2D eigenvalue weighted by Crippen LogP contribution is 2.25. The van der Waals surface area contributed by atoms with Gasteiger partial charge in [-0.25, -0.2) is 0 Å². The van der Waals surface area contributed by atoms with Gasteiger partial charge in [0.25, 0.3) is 0 Å². The van der Waals surface area contributed by atoms with Crippen LogP contribution in [0.1, 0.15) is 25.1 Å². The molecule has 0 bridgehead atoms. The smallest absolute Gasteiger partial charge is 0.226 e. The summed E-state index contributed by atoms with van der Waals surface area (Å²) in [5.41, 5.74) is 0. The molecule has 4 nitrogen and oxygen atoms in total. The van der Waals surface area contributed by atoms with E-state index in [0.29, 0.717) is 17.6 Å². The molecule has 1 saturated heterocycles. The minimum absolute atomic E-state index is 0.0683. The van der Waals surface area contributed by atoms with Crippen molar-refractivity contribution >= 4 is 17.5 Å². The topological polar surface area (TPSA) is 56.0 Å². The van der Waals surface area contributed by atoms with Crippen LogP contribution in [-0.2, 0) is 17.6 Å². The van der Waals surface area contributed by atoms with Gasteiger partial charge in [-0.2, -0.15) is 16.7 Å². The molecule has 82 valence electrons. The molecule has 1 fully saturated rings. The van der Waals surface area contributed by atoms with Crippen molar-refractivity contribution in [1.82, 2.24) is 10.1 Å². The molecule has 0 spiro atoms. The molecule has 1 atom stereocenters. The zero-order chi connectivity index (χ0) is 10.7. The Balaban J connectivity index is 1.91. The SMILES string of the molecule is CC(=O)Cc1noc(CC2CCSC2)n1. The summed E-state index contributed by atoms with van der Waals surface area (Å²) in [5.74, 6) is 4.35. The minimum Gasteiger partial charge on any atom is -0.339 e. The molecular formula is C10H14N2O2S. The Labute approximate surface area is 92.8 Å². The van der Waals surface area contributed by atoms with Gasteiger partial charge < -0.3 is 4.52 Å². The largest absolute Gasteiger partial charge is 0.339 e. The molecular weight excluding hydrogens is 212 g/mol.